The third kappa shape index (κ3) is 4.08. The standard InChI is InChI=1S/C21H26N6O4S/c1-2-30-18(28)16-14(22-19(29)23-17(16)15-6-5-11-31-15)12-32-21-25-24-20(26-9-3-4-10-26)27(21)13-7-8-13/h5-6,11,13,17H,2-4,7-10,12H2,1H3,(H2,22,23,29). The van der Waals surface area contributed by atoms with Crippen LogP contribution in [0.2, 0.25) is 0 Å². The average Bonchev–Trinajstić information content (AvgIpc) is 3.20. The molecule has 5 rings (SSSR count). The Balaban J connectivity index is 1.44. The van der Waals surface area contributed by atoms with E-state index in [0.717, 1.165) is 37.0 Å². The van der Waals surface area contributed by atoms with Crippen LogP contribution in [-0.2, 0) is 9.53 Å². The summed E-state index contributed by atoms with van der Waals surface area (Å²) in [5, 5.41) is 15.3. The van der Waals surface area contributed by atoms with Crippen molar-refractivity contribution < 1.29 is 18.7 Å². The first-order chi connectivity index (χ1) is 15.7. The molecule has 2 amide bonds. The molecule has 0 aromatic carbocycles. The molecule has 0 radical (unpaired) electrons. The highest BCUT2D eigenvalue weighted by Gasteiger charge is 2.36. The van der Waals surface area contributed by atoms with Gasteiger partial charge in [0.2, 0.25) is 5.95 Å². The highest BCUT2D eigenvalue weighted by molar-refractivity contribution is 7.99. The molecule has 32 heavy (non-hydrogen) atoms. The second-order valence-corrected chi connectivity index (χ2v) is 8.97. The lowest BCUT2D eigenvalue weighted by molar-refractivity contribution is -0.139. The van der Waals surface area contributed by atoms with Gasteiger partial charge in [-0.1, -0.05) is 11.8 Å². The van der Waals surface area contributed by atoms with Crippen molar-refractivity contribution in [3.05, 3.63) is 35.4 Å². The highest BCUT2D eigenvalue weighted by atomic mass is 32.2. The maximum atomic E-state index is 12.8. The Labute approximate surface area is 189 Å². The van der Waals surface area contributed by atoms with E-state index in [1.807, 2.05) is 0 Å². The largest absolute Gasteiger partial charge is 0.467 e. The molecule has 3 aliphatic rings. The van der Waals surface area contributed by atoms with E-state index in [-0.39, 0.29) is 6.61 Å². The summed E-state index contributed by atoms with van der Waals surface area (Å²) in [5.41, 5.74) is 0.831. The molecule has 4 heterocycles. The van der Waals surface area contributed by atoms with Crippen LogP contribution in [0.5, 0.6) is 0 Å². The first-order valence-electron chi connectivity index (χ1n) is 11.0. The van der Waals surface area contributed by atoms with Crippen molar-refractivity contribution in [2.75, 3.05) is 30.3 Å². The molecule has 1 saturated carbocycles. The molecule has 10 nitrogen and oxygen atoms in total. The van der Waals surface area contributed by atoms with Gasteiger partial charge in [0.15, 0.2) is 5.16 Å². The van der Waals surface area contributed by atoms with E-state index in [0.29, 0.717) is 28.8 Å². The van der Waals surface area contributed by atoms with Crippen LogP contribution in [0.25, 0.3) is 0 Å². The first-order valence-corrected chi connectivity index (χ1v) is 12.0. The lowest BCUT2D eigenvalue weighted by Gasteiger charge is -2.27. The number of hydrogen-bond acceptors (Lipinski definition) is 8. The number of hydrogen-bond donors (Lipinski definition) is 2. The van der Waals surface area contributed by atoms with Gasteiger partial charge in [-0.2, -0.15) is 0 Å². The maximum Gasteiger partial charge on any atom is 0.338 e. The van der Waals surface area contributed by atoms with E-state index in [2.05, 4.69) is 30.3 Å². The van der Waals surface area contributed by atoms with Gasteiger partial charge in [0.1, 0.15) is 11.8 Å². The summed E-state index contributed by atoms with van der Waals surface area (Å²) in [7, 11) is 0. The van der Waals surface area contributed by atoms with Crippen LogP contribution in [0.15, 0.2) is 39.2 Å². The van der Waals surface area contributed by atoms with Crippen LogP contribution < -0.4 is 15.5 Å². The number of thioether (sulfide) groups is 1. The van der Waals surface area contributed by atoms with Crippen molar-refractivity contribution in [1.29, 1.82) is 0 Å². The Kier molecular flexibility index (Phi) is 5.81. The molecule has 2 N–H and O–H groups in total. The Morgan fingerprint density at radius 2 is 2.12 bits per heavy atom. The van der Waals surface area contributed by atoms with E-state index in [1.165, 1.54) is 30.9 Å². The number of rotatable bonds is 8. The number of carbonyl (C=O) groups excluding carboxylic acids is 2. The van der Waals surface area contributed by atoms with Gasteiger partial charge in [0.25, 0.3) is 0 Å². The van der Waals surface area contributed by atoms with E-state index < -0.39 is 18.0 Å². The van der Waals surface area contributed by atoms with Gasteiger partial charge in [-0.25, -0.2) is 9.59 Å². The quantitative estimate of drug-likeness (QED) is 0.458. The zero-order valence-corrected chi connectivity index (χ0v) is 18.7. The summed E-state index contributed by atoms with van der Waals surface area (Å²) < 4.78 is 13.0. The molecule has 0 spiro atoms. The second-order valence-electron chi connectivity index (χ2n) is 8.03. The third-order valence-corrected chi connectivity index (χ3v) is 6.74. The van der Waals surface area contributed by atoms with Gasteiger partial charge in [-0.15, -0.1) is 10.2 Å². The molecule has 1 unspecified atom stereocenters. The third-order valence-electron chi connectivity index (χ3n) is 5.77. The normalized spacial score (nSPS) is 21.0. The van der Waals surface area contributed by atoms with Crippen molar-refractivity contribution in [3.63, 3.8) is 0 Å². The topological polar surface area (TPSA) is 115 Å². The summed E-state index contributed by atoms with van der Waals surface area (Å²) in [6, 6.07) is 2.76. The number of nitrogens with one attached hydrogen (secondary N) is 2. The summed E-state index contributed by atoms with van der Waals surface area (Å²) >= 11 is 1.47. The minimum atomic E-state index is -0.713. The van der Waals surface area contributed by atoms with Crippen molar-refractivity contribution in [1.82, 2.24) is 25.4 Å². The molecule has 2 fully saturated rings. The van der Waals surface area contributed by atoms with Crippen molar-refractivity contribution in [2.24, 2.45) is 0 Å². The second kappa shape index (κ2) is 8.89. The van der Waals surface area contributed by atoms with Crippen LogP contribution in [-0.4, -0.2) is 52.2 Å². The molecular weight excluding hydrogens is 432 g/mol. The fraction of sp³-hybridized carbons (Fsp3) is 0.524. The predicted octanol–water partition coefficient (Wildman–Crippen LogP) is 2.77. The highest BCUT2D eigenvalue weighted by Crippen LogP contribution is 2.42. The van der Waals surface area contributed by atoms with Crippen LogP contribution in [0.4, 0.5) is 10.7 Å². The Bertz CT molecular complexity index is 1020. The van der Waals surface area contributed by atoms with Gasteiger partial charge in [-0.05, 0) is 44.7 Å². The van der Waals surface area contributed by atoms with Crippen molar-refractivity contribution >= 4 is 29.7 Å². The fourth-order valence-corrected chi connectivity index (χ4v) is 5.11. The predicted molar refractivity (Wildman–Crippen MR) is 117 cm³/mol. The molecule has 1 aliphatic carbocycles. The number of carbonyl (C=O) groups is 2. The fourth-order valence-electron chi connectivity index (χ4n) is 4.14. The lowest BCUT2D eigenvalue weighted by atomic mass is 10.0. The number of anilines is 1. The van der Waals surface area contributed by atoms with Crippen molar-refractivity contribution in [3.8, 4) is 0 Å². The van der Waals surface area contributed by atoms with E-state index >= 15 is 0 Å². The SMILES string of the molecule is CCOC(=O)C1=C(CSc2nnc(N3CCCC3)n2C2CC2)NC(=O)NC1c1ccco1. The molecule has 0 bridgehead atoms. The monoisotopic (exact) mass is 458 g/mol. The molecule has 1 atom stereocenters. The summed E-state index contributed by atoms with van der Waals surface area (Å²) in [6.45, 7) is 3.98. The minimum absolute atomic E-state index is 0.233. The zero-order chi connectivity index (χ0) is 22.1. The number of nitrogens with zero attached hydrogens (tertiary/aromatic N) is 4. The van der Waals surface area contributed by atoms with Crippen LogP contribution in [0.1, 0.15) is 50.5 Å². The van der Waals surface area contributed by atoms with Gasteiger partial charge in [0.05, 0.1) is 18.4 Å². The number of aromatic nitrogens is 3. The van der Waals surface area contributed by atoms with Gasteiger partial charge in [0, 0.05) is 30.6 Å². The molecule has 1 saturated heterocycles. The van der Waals surface area contributed by atoms with E-state index in [1.54, 1.807) is 19.1 Å². The molecule has 2 aliphatic heterocycles. The first kappa shape index (κ1) is 20.9. The number of urea groups is 1. The molecular formula is C21H26N6O4S. The Morgan fingerprint density at radius 3 is 2.81 bits per heavy atom. The number of ether oxygens (including phenoxy) is 1. The number of amides is 2. The van der Waals surface area contributed by atoms with Crippen LogP contribution >= 0.6 is 11.8 Å². The number of furan rings is 1. The maximum absolute atomic E-state index is 12.8. The van der Waals surface area contributed by atoms with Crippen molar-refractivity contribution in [2.45, 2.75) is 49.8 Å². The van der Waals surface area contributed by atoms with Crippen LogP contribution in [0.3, 0.4) is 0 Å². The lowest BCUT2D eigenvalue weighted by Crippen LogP contribution is -2.46. The zero-order valence-electron chi connectivity index (χ0n) is 17.9. The average molecular weight is 459 g/mol. The van der Waals surface area contributed by atoms with Gasteiger partial charge < -0.3 is 24.7 Å². The molecule has 2 aromatic rings. The van der Waals surface area contributed by atoms with E-state index in [4.69, 9.17) is 9.15 Å². The molecule has 2 aromatic heterocycles. The minimum Gasteiger partial charge on any atom is -0.467 e. The van der Waals surface area contributed by atoms with Gasteiger partial charge in [-0.3, -0.25) is 4.57 Å². The van der Waals surface area contributed by atoms with Crippen LogP contribution in [0, 0.1) is 0 Å². The summed E-state index contributed by atoms with van der Waals surface area (Å²) in [4.78, 5) is 27.5. The van der Waals surface area contributed by atoms with Gasteiger partial charge >= 0.3 is 12.0 Å². The Hall–Kier alpha value is -2.95. The molecule has 11 heteroatoms. The molecule has 170 valence electrons. The summed E-state index contributed by atoms with van der Waals surface area (Å²) in [5.74, 6) is 1.26. The number of esters is 1. The summed E-state index contributed by atoms with van der Waals surface area (Å²) in [6.07, 6.45) is 6.08. The van der Waals surface area contributed by atoms with E-state index in [9.17, 15) is 9.59 Å². The Morgan fingerprint density at radius 1 is 1.31 bits per heavy atom. The smallest absolute Gasteiger partial charge is 0.338 e.